The molecule has 8 heteroatoms. The van der Waals surface area contributed by atoms with Gasteiger partial charge < -0.3 is 24.6 Å². The molecular weight excluding hydrogens is 352 g/mol. The first-order chi connectivity index (χ1) is 13.0. The average molecular weight is 366 g/mol. The van der Waals surface area contributed by atoms with Crippen LogP contribution in [-0.2, 0) is 4.79 Å². The quantitative estimate of drug-likeness (QED) is 0.577. The van der Waals surface area contributed by atoms with Gasteiger partial charge in [-0.25, -0.2) is 4.79 Å². The first-order valence-corrected chi connectivity index (χ1v) is 7.78. The zero-order chi connectivity index (χ0) is 19.2. The lowest BCUT2D eigenvalue weighted by Crippen LogP contribution is -2.30. The Morgan fingerprint density at radius 1 is 0.963 bits per heavy atom. The lowest BCUT2D eigenvalue weighted by molar-refractivity contribution is -0.113. The summed E-state index contributed by atoms with van der Waals surface area (Å²) in [5.74, 6) is -2.02. The van der Waals surface area contributed by atoms with Crippen LogP contribution in [0.3, 0.4) is 0 Å². The standard InChI is InChI=1S/C19H14N2O6/c22-17(20-13-5-1-4-12(10-13)19(24)25)15(11-14-6-2-8-26-14)21-18(23)16-7-3-9-27-16/h1-11H,(H,20,22)(H,21,23)(H,24,25)/b15-11-. The Hall–Kier alpha value is -4.07. The number of aromatic carboxylic acids is 1. The van der Waals surface area contributed by atoms with E-state index in [0.717, 1.165) is 0 Å². The van der Waals surface area contributed by atoms with Crippen LogP contribution >= 0.6 is 0 Å². The van der Waals surface area contributed by atoms with Crippen molar-refractivity contribution in [2.75, 3.05) is 5.32 Å². The van der Waals surface area contributed by atoms with Crippen LogP contribution in [0.5, 0.6) is 0 Å². The lowest BCUT2D eigenvalue weighted by Gasteiger charge is -2.10. The zero-order valence-corrected chi connectivity index (χ0v) is 13.8. The number of carbonyl (C=O) groups is 3. The predicted molar refractivity (Wildman–Crippen MR) is 94.9 cm³/mol. The Morgan fingerprint density at radius 3 is 2.41 bits per heavy atom. The number of hydrogen-bond donors (Lipinski definition) is 3. The molecule has 3 rings (SSSR count). The number of amides is 2. The topological polar surface area (TPSA) is 122 Å². The van der Waals surface area contributed by atoms with Crippen LogP contribution in [0.2, 0.25) is 0 Å². The molecule has 0 aliphatic rings. The van der Waals surface area contributed by atoms with Gasteiger partial charge in [-0.1, -0.05) is 6.07 Å². The number of nitrogens with one attached hydrogen (secondary N) is 2. The molecule has 2 amide bonds. The zero-order valence-electron chi connectivity index (χ0n) is 13.8. The lowest BCUT2D eigenvalue weighted by atomic mass is 10.2. The fourth-order valence-electron chi connectivity index (χ4n) is 2.19. The summed E-state index contributed by atoms with van der Waals surface area (Å²) in [7, 11) is 0. The number of anilines is 1. The molecule has 136 valence electrons. The highest BCUT2D eigenvalue weighted by molar-refractivity contribution is 6.10. The number of furan rings is 2. The molecule has 27 heavy (non-hydrogen) atoms. The van der Waals surface area contributed by atoms with Gasteiger partial charge in [0.15, 0.2) is 5.76 Å². The van der Waals surface area contributed by atoms with Crippen LogP contribution in [0.4, 0.5) is 5.69 Å². The second-order valence-corrected chi connectivity index (χ2v) is 5.34. The van der Waals surface area contributed by atoms with Crippen LogP contribution < -0.4 is 10.6 Å². The monoisotopic (exact) mass is 366 g/mol. The summed E-state index contributed by atoms with van der Waals surface area (Å²) in [6.07, 6.45) is 4.10. The molecular formula is C19H14N2O6. The van der Waals surface area contributed by atoms with Gasteiger partial charge in [0.05, 0.1) is 18.1 Å². The smallest absolute Gasteiger partial charge is 0.335 e. The predicted octanol–water partition coefficient (Wildman–Crippen LogP) is 2.98. The highest BCUT2D eigenvalue weighted by Gasteiger charge is 2.17. The Labute approximate surface area is 153 Å². The molecule has 2 heterocycles. The summed E-state index contributed by atoms with van der Waals surface area (Å²) < 4.78 is 10.2. The fraction of sp³-hybridized carbons (Fsp3) is 0. The van der Waals surface area contributed by atoms with E-state index in [2.05, 4.69) is 10.6 Å². The van der Waals surface area contributed by atoms with E-state index in [1.165, 1.54) is 48.9 Å². The molecule has 0 spiro atoms. The summed E-state index contributed by atoms with van der Waals surface area (Å²) in [5, 5.41) is 14.0. The van der Waals surface area contributed by atoms with E-state index in [1.54, 1.807) is 18.2 Å². The minimum atomic E-state index is -1.12. The first kappa shape index (κ1) is 17.7. The molecule has 0 unspecified atom stereocenters. The van der Waals surface area contributed by atoms with E-state index >= 15 is 0 Å². The highest BCUT2D eigenvalue weighted by atomic mass is 16.4. The van der Waals surface area contributed by atoms with Crippen molar-refractivity contribution in [3.63, 3.8) is 0 Å². The number of benzene rings is 1. The van der Waals surface area contributed by atoms with Gasteiger partial charge in [-0.3, -0.25) is 9.59 Å². The fourth-order valence-corrected chi connectivity index (χ4v) is 2.19. The number of carboxylic acids is 1. The maximum Gasteiger partial charge on any atom is 0.335 e. The van der Waals surface area contributed by atoms with Gasteiger partial charge in [0.2, 0.25) is 0 Å². The van der Waals surface area contributed by atoms with Gasteiger partial charge in [0, 0.05) is 11.8 Å². The third-order valence-electron chi connectivity index (χ3n) is 3.43. The maximum absolute atomic E-state index is 12.6. The van der Waals surface area contributed by atoms with Crippen molar-refractivity contribution >= 4 is 29.5 Å². The molecule has 0 aliphatic carbocycles. The van der Waals surface area contributed by atoms with Crippen molar-refractivity contribution in [1.82, 2.24) is 5.32 Å². The minimum absolute atomic E-state index is 0.0176. The van der Waals surface area contributed by atoms with Crippen molar-refractivity contribution in [2.24, 2.45) is 0 Å². The normalized spacial score (nSPS) is 11.0. The van der Waals surface area contributed by atoms with Crippen molar-refractivity contribution in [3.8, 4) is 0 Å². The van der Waals surface area contributed by atoms with Crippen LogP contribution in [0, 0.1) is 0 Å². The van der Waals surface area contributed by atoms with E-state index in [9.17, 15) is 14.4 Å². The molecule has 0 fully saturated rings. The second kappa shape index (κ2) is 7.87. The summed E-state index contributed by atoms with van der Waals surface area (Å²) in [4.78, 5) is 35.9. The van der Waals surface area contributed by atoms with Gasteiger partial charge in [-0.15, -0.1) is 0 Å². The van der Waals surface area contributed by atoms with Crippen molar-refractivity contribution < 1.29 is 28.3 Å². The van der Waals surface area contributed by atoms with Crippen molar-refractivity contribution in [3.05, 3.63) is 83.8 Å². The van der Waals surface area contributed by atoms with E-state index in [1.807, 2.05) is 0 Å². The molecule has 8 nitrogen and oxygen atoms in total. The van der Waals surface area contributed by atoms with Gasteiger partial charge in [0.25, 0.3) is 11.8 Å². The molecule has 0 saturated heterocycles. The minimum Gasteiger partial charge on any atom is -0.478 e. The molecule has 0 aliphatic heterocycles. The summed E-state index contributed by atoms with van der Waals surface area (Å²) in [6, 6.07) is 12.0. The maximum atomic E-state index is 12.6. The molecule has 1 aromatic carbocycles. The Morgan fingerprint density at radius 2 is 1.74 bits per heavy atom. The van der Waals surface area contributed by atoms with E-state index in [0.29, 0.717) is 5.76 Å². The van der Waals surface area contributed by atoms with Gasteiger partial charge in [0.1, 0.15) is 11.5 Å². The number of carboxylic acid groups (broad SMARTS) is 1. The van der Waals surface area contributed by atoms with Gasteiger partial charge in [-0.2, -0.15) is 0 Å². The third kappa shape index (κ3) is 4.51. The van der Waals surface area contributed by atoms with Crippen LogP contribution in [-0.4, -0.2) is 22.9 Å². The summed E-state index contributed by atoms with van der Waals surface area (Å²) in [5.41, 5.74) is 0.175. The molecule has 0 saturated carbocycles. The molecule has 2 aromatic heterocycles. The Bertz CT molecular complexity index is 987. The van der Waals surface area contributed by atoms with Crippen LogP contribution in [0.15, 0.2) is 75.6 Å². The first-order valence-electron chi connectivity index (χ1n) is 7.78. The number of hydrogen-bond acceptors (Lipinski definition) is 5. The van der Waals surface area contributed by atoms with Gasteiger partial charge >= 0.3 is 5.97 Å². The van der Waals surface area contributed by atoms with Crippen molar-refractivity contribution in [2.45, 2.75) is 0 Å². The molecule has 3 aromatic rings. The van der Waals surface area contributed by atoms with E-state index in [4.69, 9.17) is 13.9 Å². The number of rotatable bonds is 6. The molecule has 0 radical (unpaired) electrons. The van der Waals surface area contributed by atoms with E-state index in [-0.39, 0.29) is 22.7 Å². The largest absolute Gasteiger partial charge is 0.478 e. The summed E-state index contributed by atoms with van der Waals surface area (Å²) in [6.45, 7) is 0. The Kier molecular flexibility index (Phi) is 5.17. The summed E-state index contributed by atoms with van der Waals surface area (Å²) >= 11 is 0. The third-order valence-corrected chi connectivity index (χ3v) is 3.43. The Balaban J connectivity index is 1.83. The number of carbonyl (C=O) groups excluding carboxylic acids is 2. The molecule has 0 bridgehead atoms. The van der Waals surface area contributed by atoms with Crippen LogP contribution in [0.1, 0.15) is 26.7 Å². The van der Waals surface area contributed by atoms with Gasteiger partial charge in [-0.05, 0) is 42.5 Å². The second-order valence-electron chi connectivity index (χ2n) is 5.34. The molecule has 0 atom stereocenters. The van der Waals surface area contributed by atoms with E-state index < -0.39 is 17.8 Å². The van der Waals surface area contributed by atoms with Crippen LogP contribution in [0.25, 0.3) is 6.08 Å². The van der Waals surface area contributed by atoms with Crippen molar-refractivity contribution in [1.29, 1.82) is 0 Å². The molecule has 3 N–H and O–H groups in total. The average Bonchev–Trinajstić information content (AvgIpc) is 3.35. The SMILES string of the molecule is O=C(Nc1cccc(C(=O)O)c1)/C(=C/c1ccco1)NC(=O)c1ccco1. The highest BCUT2D eigenvalue weighted by Crippen LogP contribution is 2.14.